The highest BCUT2D eigenvalue weighted by molar-refractivity contribution is 7.91. The number of rotatable bonds is 5. The number of methoxy groups -OCH3 is 1. The second kappa shape index (κ2) is 6.34. The first-order valence-corrected chi connectivity index (χ1v) is 8.98. The summed E-state index contributed by atoms with van der Waals surface area (Å²) in [6, 6.07) is 7.92. The van der Waals surface area contributed by atoms with Crippen molar-refractivity contribution < 1.29 is 13.2 Å². The van der Waals surface area contributed by atoms with E-state index in [1.165, 1.54) is 5.56 Å². The third-order valence-electron chi connectivity index (χ3n) is 4.53. The van der Waals surface area contributed by atoms with Gasteiger partial charge in [-0.25, -0.2) is 8.42 Å². The van der Waals surface area contributed by atoms with Crippen molar-refractivity contribution in [1.82, 2.24) is 4.90 Å². The van der Waals surface area contributed by atoms with Gasteiger partial charge in [0.1, 0.15) is 15.6 Å². The minimum Gasteiger partial charge on any atom is -0.497 e. The van der Waals surface area contributed by atoms with Crippen molar-refractivity contribution in [2.24, 2.45) is 5.73 Å². The molecule has 0 aliphatic carbocycles. The Kier molecular flexibility index (Phi) is 4.91. The minimum absolute atomic E-state index is 0.217. The first kappa shape index (κ1) is 16.3. The molecule has 1 heterocycles. The Morgan fingerprint density at radius 1 is 1.24 bits per heavy atom. The highest BCUT2D eigenvalue weighted by atomic mass is 32.2. The van der Waals surface area contributed by atoms with Gasteiger partial charge < -0.3 is 10.5 Å². The van der Waals surface area contributed by atoms with Gasteiger partial charge >= 0.3 is 0 Å². The number of nitrogens with two attached hydrogens (primary N) is 1. The third-order valence-corrected chi connectivity index (χ3v) is 6.18. The topological polar surface area (TPSA) is 72.6 Å². The molecule has 2 rings (SSSR count). The normalized spacial score (nSPS) is 20.4. The molecule has 21 heavy (non-hydrogen) atoms. The Morgan fingerprint density at radius 2 is 1.81 bits per heavy atom. The van der Waals surface area contributed by atoms with E-state index in [0.29, 0.717) is 19.4 Å². The number of ether oxygens (including phenoxy) is 1. The van der Waals surface area contributed by atoms with Crippen molar-refractivity contribution in [3.63, 3.8) is 0 Å². The van der Waals surface area contributed by atoms with Crippen LogP contribution in [0.4, 0.5) is 0 Å². The third kappa shape index (κ3) is 3.75. The lowest BCUT2D eigenvalue weighted by Crippen LogP contribution is -2.55. The highest BCUT2D eigenvalue weighted by Gasteiger charge is 2.39. The molecular formula is C15H24N2O3S. The fourth-order valence-corrected chi connectivity index (χ4v) is 4.42. The Morgan fingerprint density at radius 3 is 2.29 bits per heavy atom. The second-order valence-corrected chi connectivity index (χ2v) is 8.09. The summed E-state index contributed by atoms with van der Waals surface area (Å²) in [5.41, 5.74) is 6.92. The molecule has 118 valence electrons. The molecule has 1 aliphatic rings. The van der Waals surface area contributed by atoms with E-state index in [1.54, 1.807) is 7.11 Å². The predicted octanol–water partition coefficient (Wildman–Crippen LogP) is 1.03. The van der Waals surface area contributed by atoms with Crippen LogP contribution in [-0.2, 0) is 16.4 Å². The molecule has 0 aromatic heterocycles. The molecule has 5 nitrogen and oxygen atoms in total. The molecule has 0 spiro atoms. The lowest BCUT2D eigenvalue weighted by atomic mass is 9.90. The molecule has 0 unspecified atom stereocenters. The van der Waals surface area contributed by atoms with Gasteiger partial charge in [-0.05, 0) is 37.6 Å². The maximum Gasteiger partial charge on any atom is 0.150 e. The van der Waals surface area contributed by atoms with Crippen molar-refractivity contribution in [2.75, 3.05) is 32.2 Å². The van der Waals surface area contributed by atoms with Crippen LogP contribution in [0.5, 0.6) is 5.75 Å². The Labute approximate surface area is 127 Å². The van der Waals surface area contributed by atoms with Gasteiger partial charge in [0.05, 0.1) is 18.6 Å². The van der Waals surface area contributed by atoms with Crippen molar-refractivity contribution in [2.45, 2.75) is 24.9 Å². The minimum atomic E-state index is -2.88. The van der Waals surface area contributed by atoms with Gasteiger partial charge in [0, 0.05) is 18.6 Å². The van der Waals surface area contributed by atoms with Gasteiger partial charge in [0.2, 0.25) is 0 Å². The summed E-state index contributed by atoms with van der Waals surface area (Å²) >= 11 is 0. The van der Waals surface area contributed by atoms with E-state index in [1.807, 2.05) is 31.3 Å². The zero-order chi connectivity index (χ0) is 15.5. The Hall–Kier alpha value is -1.11. The van der Waals surface area contributed by atoms with Crippen LogP contribution in [-0.4, -0.2) is 51.1 Å². The number of sulfone groups is 1. The van der Waals surface area contributed by atoms with Crippen molar-refractivity contribution in [1.29, 1.82) is 0 Å². The number of benzene rings is 1. The van der Waals surface area contributed by atoms with E-state index in [2.05, 4.69) is 4.90 Å². The van der Waals surface area contributed by atoms with Gasteiger partial charge in [-0.15, -0.1) is 0 Å². The molecule has 0 radical (unpaired) electrons. The molecule has 1 aromatic rings. The van der Waals surface area contributed by atoms with Gasteiger partial charge in [-0.1, -0.05) is 12.1 Å². The van der Waals surface area contributed by atoms with Crippen LogP contribution in [0.1, 0.15) is 18.4 Å². The van der Waals surface area contributed by atoms with E-state index < -0.39 is 9.84 Å². The first-order valence-electron chi connectivity index (χ1n) is 7.15. The SMILES string of the molecule is COc1ccc(CN(C)C2(CN)CCS(=O)(=O)CC2)cc1. The van der Waals surface area contributed by atoms with Crippen LogP contribution >= 0.6 is 0 Å². The second-order valence-electron chi connectivity index (χ2n) is 5.78. The van der Waals surface area contributed by atoms with Crippen LogP contribution < -0.4 is 10.5 Å². The largest absolute Gasteiger partial charge is 0.497 e. The van der Waals surface area contributed by atoms with E-state index >= 15 is 0 Å². The van der Waals surface area contributed by atoms with E-state index in [0.717, 1.165) is 12.3 Å². The molecule has 0 saturated carbocycles. The summed E-state index contributed by atoms with van der Waals surface area (Å²) in [7, 11) is 0.791. The van der Waals surface area contributed by atoms with Crippen LogP contribution in [0.2, 0.25) is 0 Å². The van der Waals surface area contributed by atoms with E-state index in [4.69, 9.17) is 10.5 Å². The smallest absolute Gasteiger partial charge is 0.150 e. The molecule has 6 heteroatoms. The fourth-order valence-electron chi connectivity index (χ4n) is 2.83. The summed E-state index contributed by atoms with van der Waals surface area (Å²) in [5.74, 6) is 1.30. The summed E-state index contributed by atoms with van der Waals surface area (Å²) < 4.78 is 28.4. The molecule has 0 atom stereocenters. The summed E-state index contributed by atoms with van der Waals surface area (Å²) in [6.45, 7) is 1.23. The van der Waals surface area contributed by atoms with Crippen LogP contribution in [0.25, 0.3) is 0 Å². The Balaban J connectivity index is 2.07. The van der Waals surface area contributed by atoms with Crippen LogP contribution in [0.15, 0.2) is 24.3 Å². The molecule has 1 aromatic carbocycles. The number of hydrogen-bond acceptors (Lipinski definition) is 5. The summed E-state index contributed by atoms with van der Waals surface area (Å²) in [4.78, 5) is 2.20. The van der Waals surface area contributed by atoms with Gasteiger partial charge in [0.25, 0.3) is 0 Å². The molecule has 1 aliphatic heterocycles. The molecule has 1 fully saturated rings. The lowest BCUT2D eigenvalue weighted by molar-refractivity contribution is 0.105. The molecule has 0 bridgehead atoms. The van der Waals surface area contributed by atoms with Crippen molar-refractivity contribution >= 4 is 9.84 Å². The molecule has 0 amide bonds. The zero-order valence-electron chi connectivity index (χ0n) is 12.7. The van der Waals surface area contributed by atoms with E-state index in [9.17, 15) is 8.42 Å². The standard InChI is InChI=1S/C15H24N2O3S/c1-17(11-13-3-5-14(20-2)6-4-13)15(12-16)7-9-21(18,19)10-8-15/h3-6H,7-12,16H2,1-2H3. The van der Waals surface area contributed by atoms with Crippen LogP contribution in [0, 0.1) is 0 Å². The van der Waals surface area contributed by atoms with Crippen LogP contribution in [0.3, 0.4) is 0 Å². The number of hydrogen-bond donors (Lipinski definition) is 1. The molecular weight excluding hydrogens is 288 g/mol. The molecule has 2 N–H and O–H groups in total. The first-order chi connectivity index (χ1) is 9.91. The number of nitrogens with zero attached hydrogens (tertiary/aromatic N) is 1. The van der Waals surface area contributed by atoms with Gasteiger partial charge in [-0.3, -0.25) is 4.90 Å². The van der Waals surface area contributed by atoms with E-state index in [-0.39, 0.29) is 17.0 Å². The maximum atomic E-state index is 11.6. The maximum absolute atomic E-state index is 11.6. The highest BCUT2D eigenvalue weighted by Crippen LogP contribution is 2.29. The average Bonchev–Trinajstić information content (AvgIpc) is 2.48. The Bertz CT molecular complexity index is 555. The quantitative estimate of drug-likeness (QED) is 0.879. The number of likely N-dealkylation sites (N-methyl/N-ethyl adjacent to an activating group) is 1. The molecule has 1 saturated heterocycles. The average molecular weight is 312 g/mol. The van der Waals surface area contributed by atoms with Gasteiger partial charge in [-0.2, -0.15) is 0 Å². The predicted molar refractivity (Wildman–Crippen MR) is 84.1 cm³/mol. The van der Waals surface area contributed by atoms with Crippen molar-refractivity contribution in [3.05, 3.63) is 29.8 Å². The summed E-state index contributed by atoms with van der Waals surface area (Å²) in [5, 5.41) is 0. The fraction of sp³-hybridized carbons (Fsp3) is 0.600. The van der Waals surface area contributed by atoms with Gasteiger partial charge in [0.15, 0.2) is 0 Å². The zero-order valence-corrected chi connectivity index (χ0v) is 13.5. The monoisotopic (exact) mass is 312 g/mol. The lowest BCUT2D eigenvalue weighted by Gasteiger charge is -2.43. The van der Waals surface area contributed by atoms with Crippen molar-refractivity contribution in [3.8, 4) is 5.75 Å². The summed E-state index contributed by atoms with van der Waals surface area (Å²) in [6.07, 6.45) is 1.22.